The minimum Gasteiger partial charge on any atom is -0.476 e. The Balaban J connectivity index is 1.74. The second kappa shape index (κ2) is 8.05. The molecule has 0 radical (unpaired) electrons. The van der Waals surface area contributed by atoms with E-state index in [-0.39, 0.29) is 5.69 Å². The number of rotatable bonds is 7. The molecule has 0 aliphatic heterocycles. The number of carbonyl (C=O) groups is 1. The van der Waals surface area contributed by atoms with Crippen molar-refractivity contribution in [3.8, 4) is 10.6 Å². The molecule has 0 aliphatic carbocycles. The first-order valence-electron chi connectivity index (χ1n) is 8.20. The van der Waals surface area contributed by atoms with Crippen LogP contribution in [-0.2, 0) is 13.1 Å². The van der Waals surface area contributed by atoms with E-state index >= 15 is 0 Å². The fourth-order valence-corrected chi connectivity index (χ4v) is 3.48. The van der Waals surface area contributed by atoms with Crippen LogP contribution in [0.3, 0.4) is 0 Å². The minimum absolute atomic E-state index is 0.102. The Morgan fingerprint density at radius 3 is 2.48 bits per heavy atom. The van der Waals surface area contributed by atoms with Crippen molar-refractivity contribution in [1.82, 2.24) is 9.88 Å². The summed E-state index contributed by atoms with van der Waals surface area (Å²) >= 11 is 1.36. The standard InChI is InChI=1S/C20H20N2O2S/c1-2-22(12-15-7-4-3-5-8-15)13-16-9-6-10-17(11-16)19-21-18(14-25-19)20(23)24/h3-11,14H,2,12-13H2,1H3,(H,23,24). The summed E-state index contributed by atoms with van der Waals surface area (Å²) in [5.41, 5.74) is 3.56. The van der Waals surface area contributed by atoms with Gasteiger partial charge in [0.1, 0.15) is 5.01 Å². The molecule has 4 nitrogen and oxygen atoms in total. The number of carboxylic acids is 1. The monoisotopic (exact) mass is 352 g/mol. The molecule has 3 aromatic rings. The van der Waals surface area contributed by atoms with Crippen LogP contribution in [-0.4, -0.2) is 27.5 Å². The molecule has 0 fully saturated rings. The predicted octanol–water partition coefficient (Wildman–Crippen LogP) is 4.53. The van der Waals surface area contributed by atoms with Crippen molar-refractivity contribution < 1.29 is 9.90 Å². The van der Waals surface area contributed by atoms with Gasteiger partial charge in [-0.3, -0.25) is 4.90 Å². The smallest absolute Gasteiger partial charge is 0.355 e. The fraction of sp³-hybridized carbons (Fsp3) is 0.200. The van der Waals surface area contributed by atoms with E-state index in [0.717, 1.165) is 30.2 Å². The molecule has 0 saturated carbocycles. The molecule has 0 spiro atoms. The SMILES string of the molecule is CCN(Cc1ccccc1)Cc1cccc(-c2nc(C(=O)O)cs2)c1. The van der Waals surface area contributed by atoms with Gasteiger partial charge in [-0.05, 0) is 23.7 Å². The normalized spacial score (nSPS) is 11.0. The Morgan fingerprint density at radius 1 is 1.08 bits per heavy atom. The van der Waals surface area contributed by atoms with Crippen molar-refractivity contribution in [1.29, 1.82) is 0 Å². The highest BCUT2D eigenvalue weighted by Gasteiger charge is 2.11. The zero-order valence-electron chi connectivity index (χ0n) is 14.1. The third-order valence-electron chi connectivity index (χ3n) is 4.00. The fourth-order valence-electron chi connectivity index (χ4n) is 2.69. The second-order valence-electron chi connectivity index (χ2n) is 5.83. The van der Waals surface area contributed by atoms with Gasteiger partial charge in [-0.1, -0.05) is 55.5 Å². The summed E-state index contributed by atoms with van der Waals surface area (Å²) in [7, 11) is 0. The Hall–Kier alpha value is -2.50. The van der Waals surface area contributed by atoms with Crippen LogP contribution >= 0.6 is 11.3 Å². The topological polar surface area (TPSA) is 53.4 Å². The van der Waals surface area contributed by atoms with Gasteiger partial charge in [0.05, 0.1) is 0 Å². The largest absolute Gasteiger partial charge is 0.476 e. The highest BCUT2D eigenvalue weighted by atomic mass is 32.1. The van der Waals surface area contributed by atoms with Gasteiger partial charge in [-0.2, -0.15) is 0 Å². The molecule has 5 heteroatoms. The van der Waals surface area contributed by atoms with Crippen molar-refractivity contribution in [2.75, 3.05) is 6.54 Å². The Labute approximate surface area is 151 Å². The Kier molecular flexibility index (Phi) is 5.58. The summed E-state index contributed by atoms with van der Waals surface area (Å²) in [6, 6.07) is 18.6. The number of aromatic carboxylic acids is 1. The van der Waals surface area contributed by atoms with E-state index in [2.05, 4.69) is 53.2 Å². The second-order valence-corrected chi connectivity index (χ2v) is 6.69. The van der Waals surface area contributed by atoms with E-state index in [9.17, 15) is 4.79 Å². The van der Waals surface area contributed by atoms with Crippen molar-refractivity contribution in [3.63, 3.8) is 0 Å². The van der Waals surface area contributed by atoms with Crippen LogP contribution in [0.25, 0.3) is 10.6 Å². The van der Waals surface area contributed by atoms with Crippen LogP contribution in [0, 0.1) is 0 Å². The summed E-state index contributed by atoms with van der Waals surface area (Å²) in [5.74, 6) is -0.987. The van der Waals surface area contributed by atoms with E-state index < -0.39 is 5.97 Å². The molecule has 1 N–H and O–H groups in total. The van der Waals surface area contributed by atoms with Crippen molar-refractivity contribution >= 4 is 17.3 Å². The van der Waals surface area contributed by atoms with Crippen molar-refractivity contribution in [2.24, 2.45) is 0 Å². The molecule has 0 aliphatic rings. The van der Waals surface area contributed by atoms with Gasteiger partial charge in [-0.25, -0.2) is 9.78 Å². The lowest BCUT2D eigenvalue weighted by atomic mass is 10.1. The van der Waals surface area contributed by atoms with Crippen LogP contribution in [0.1, 0.15) is 28.5 Å². The summed E-state index contributed by atoms with van der Waals surface area (Å²) in [6.45, 7) is 4.87. The van der Waals surface area contributed by atoms with E-state index in [4.69, 9.17) is 5.11 Å². The van der Waals surface area contributed by atoms with E-state index in [1.54, 1.807) is 5.38 Å². The molecule has 25 heavy (non-hydrogen) atoms. The first-order valence-corrected chi connectivity index (χ1v) is 9.08. The summed E-state index contributed by atoms with van der Waals surface area (Å²) < 4.78 is 0. The van der Waals surface area contributed by atoms with E-state index in [1.807, 2.05) is 18.2 Å². The molecule has 128 valence electrons. The van der Waals surface area contributed by atoms with Gasteiger partial charge in [-0.15, -0.1) is 11.3 Å². The molecule has 3 rings (SSSR count). The van der Waals surface area contributed by atoms with Crippen LogP contribution in [0.5, 0.6) is 0 Å². The summed E-state index contributed by atoms with van der Waals surface area (Å²) in [5, 5.41) is 11.4. The predicted molar refractivity (Wildman–Crippen MR) is 101 cm³/mol. The maximum atomic E-state index is 11.0. The lowest BCUT2D eigenvalue weighted by Gasteiger charge is -2.21. The highest BCUT2D eigenvalue weighted by Crippen LogP contribution is 2.25. The van der Waals surface area contributed by atoms with E-state index in [0.29, 0.717) is 0 Å². The average molecular weight is 352 g/mol. The molecule has 0 atom stereocenters. The zero-order valence-corrected chi connectivity index (χ0v) is 14.9. The maximum absolute atomic E-state index is 11.0. The van der Waals surface area contributed by atoms with Crippen LogP contribution < -0.4 is 0 Å². The molecule has 0 saturated heterocycles. The molecule has 1 aromatic heterocycles. The number of benzene rings is 2. The number of carboxylic acid groups (broad SMARTS) is 1. The lowest BCUT2D eigenvalue weighted by molar-refractivity contribution is 0.0691. The minimum atomic E-state index is -0.987. The quantitative estimate of drug-likeness (QED) is 0.679. The zero-order chi connectivity index (χ0) is 17.6. The maximum Gasteiger partial charge on any atom is 0.355 e. The number of hydrogen-bond donors (Lipinski definition) is 1. The molecule has 0 bridgehead atoms. The highest BCUT2D eigenvalue weighted by molar-refractivity contribution is 7.13. The number of thiazole rings is 1. The first kappa shape index (κ1) is 17.3. The van der Waals surface area contributed by atoms with Gasteiger partial charge in [0, 0.05) is 24.0 Å². The van der Waals surface area contributed by atoms with Gasteiger partial charge in [0.15, 0.2) is 5.69 Å². The Morgan fingerprint density at radius 2 is 1.80 bits per heavy atom. The average Bonchev–Trinajstić information content (AvgIpc) is 3.13. The molecule has 0 unspecified atom stereocenters. The van der Waals surface area contributed by atoms with Gasteiger partial charge in [0.2, 0.25) is 0 Å². The molecule has 0 amide bonds. The molecular weight excluding hydrogens is 332 g/mol. The summed E-state index contributed by atoms with van der Waals surface area (Å²) in [6.07, 6.45) is 0. The summed E-state index contributed by atoms with van der Waals surface area (Å²) in [4.78, 5) is 17.6. The lowest BCUT2D eigenvalue weighted by Crippen LogP contribution is -2.22. The number of nitrogens with zero attached hydrogens (tertiary/aromatic N) is 2. The Bertz CT molecular complexity index is 846. The number of aromatic nitrogens is 1. The van der Waals surface area contributed by atoms with Crippen LogP contribution in [0.4, 0.5) is 0 Å². The van der Waals surface area contributed by atoms with Crippen molar-refractivity contribution in [2.45, 2.75) is 20.0 Å². The van der Waals surface area contributed by atoms with Gasteiger partial charge in [0.25, 0.3) is 0 Å². The van der Waals surface area contributed by atoms with Gasteiger partial charge < -0.3 is 5.11 Å². The number of hydrogen-bond acceptors (Lipinski definition) is 4. The van der Waals surface area contributed by atoms with Crippen molar-refractivity contribution in [3.05, 3.63) is 76.8 Å². The molecule has 2 aromatic carbocycles. The first-order chi connectivity index (χ1) is 12.2. The van der Waals surface area contributed by atoms with E-state index in [1.165, 1.54) is 22.5 Å². The van der Waals surface area contributed by atoms with Crippen LogP contribution in [0.2, 0.25) is 0 Å². The van der Waals surface area contributed by atoms with Crippen LogP contribution in [0.15, 0.2) is 60.0 Å². The third-order valence-corrected chi connectivity index (χ3v) is 4.89. The molecule has 1 heterocycles. The molecular formula is C20H20N2O2S. The third kappa shape index (κ3) is 4.53. The van der Waals surface area contributed by atoms with Gasteiger partial charge >= 0.3 is 5.97 Å².